The summed E-state index contributed by atoms with van der Waals surface area (Å²) in [5.41, 5.74) is 1.06. The zero-order chi connectivity index (χ0) is 10.1. The lowest BCUT2D eigenvalue weighted by Crippen LogP contribution is -2.34. The fourth-order valence-corrected chi connectivity index (χ4v) is 1.48. The van der Waals surface area contributed by atoms with Crippen molar-refractivity contribution < 1.29 is 9.18 Å². The van der Waals surface area contributed by atoms with E-state index in [2.05, 4.69) is 10.6 Å². The molecular formula is C10H11FN2O. The molecule has 2 N–H and O–H groups in total. The van der Waals surface area contributed by atoms with E-state index < -0.39 is 0 Å². The van der Waals surface area contributed by atoms with Gasteiger partial charge in [0, 0.05) is 18.3 Å². The van der Waals surface area contributed by atoms with Crippen molar-refractivity contribution in [2.75, 3.05) is 11.9 Å². The lowest BCUT2D eigenvalue weighted by atomic mass is 10.1. The van der Waals surface area contributed by atoms with Crippen LogP contribution >= 0.6 is 0 Å². The molecule has 1 atom stereocenters. The highest BCUT2D eigenvalue weighted by Gasteiger charge is 2.18. The number of hydrogen-bond acceptors (Lipinski definition) is 2. The number of carbonyl (C=O) groups is 1. The molecule has 0 saturated carbocycles. The summed E-state index contributed by atoms with van der Waals surface area (Å²) in [4.78, 5) is 11.6. The third-order valence-electron chi connectivity index (χ3n) is 2.20. The summed E-state index contributed by atoms with van der Waals surface area (Å²) in [6.45, 7) is 2.51. The van der Waals surface area contributed by atoms with E-state index in [0.717, 1.165) is 0 Å². The van der Waals surface area contributed by atoms with Crippen LogP contribution in [0.1, 0.15) is 17.3 Å². The molecule has 14 heavy (non-hydrogen) atoms. The monoisotopic (exact) mass is 194 g/mol. The molecule has 0 radical (unpaired) electrons. The van der Waals surface area contributed by atoms with Crippen molar-refractivity contribution in [2.45, 2.75) is 13.0 Å². The molecule has 1 aliphatic rings. The SMILES string of the molecule is C[C@H]1CNc2cc(F)ccc2C(=O)N1. The van der Waals surface area contributed by atoms with E-state index in [9.17, 15) is 9.18 Å². The smallest absolute Gasteiger partial charge is 0.253 e. The molecule has 3 nitrogen and oxygen atoms in total. The molecule has 4 heteroatoms. The third kappa shape index (κ3) is 1.55. The molecule has 2 rings (SSSR count). The molecule has 1 aromatic rings. The van der Waals surface area contributed by atoms with Crippen LogP contribution in [-0.4, -0.2) is 18.5 Å². The van der Waals surface area contributed by atoms with Crippen LogP contribution in [-0.2, 0) is 0 Å². The van der Waals surface area contributed by atoms with Crippen LogP contribution in [0.15, 0.2) is 18.2 Å². The van der Waals surface area contributed by atoms with E-state index in [1.807, 2.05) is 6.92 Å². The van der Waals surface area contributed by atoms with Gasteiger partial charge in [0.05, 0.1) is 5.56 Å². The topological polar surface area (TPSA) is 41.1 Å². The molecule has 0 saturated heterocycles. The maximum Gasteiger partial charge on any atom is 0.253 e. The Hall–Kier alpha value is -1.58. The van der Waals surface area contributed by atoms with Crippen LogP contribution in [0.3, 0.4) is 0 Å². The van der Waals surface area contributed by atoms with Gasteiger partial charge in [0.2, 0.25) is 0 Å². The largest absolute Gasteiger partial charge is 0.382 e. The van der Waals surface area contributed by atoms with Gasteiger partial charge in [-0.1, -0.05) is 0 Å². The second-order valence-electron chi connectivity index (χ2n) is 3.45. The number of rotatable bonds is 0. The highest BCUT2D eigenvalue weighted by molar-refractivity contribution is 6.00. The maximum absolute atomic E-state index is 12.9. The van der Waals surface area contributed by atoms with Gasteiger partial charge in [-0.15, -0.1) is 0 Å². The first-order valence-electron chi connectivity index (χ1n) is 4.51. The quantitative estimate of drug-likeness (QED) is 0.655. The Morgan fingerprint density at radius 2 is 2.29 bits per heavy atom. The Morgan fingerprint density at radius 1 is 1.50 bits per heavy atom. The Kier molecular flexibility index (Phi) is 2.11. The van der Waals surface area contributed by atoms with E-state index in [0.29, 0.717) is 17.8 Å². The van der Waals surface area contributed by atoms with Crippen molar-refractivity contribution in [1.29, 1.82) is 0 Å². The molecule has 0 fully saturated rings. The summed E-state index contributed by atoms with van der Waals surface area (Å²) in [6, 6.07) is 4.17. The van der Waals surface area contributed by atoms with E-state index in [4.69, 9.17) is 0 Å². The van der Waals surface area contributed by atoms with Crippen LogP contribution in [0.25, 0.3) is 0 Å². The minimum atomic E-state index is -0.335. The zero-order valence-corrected chi connectivity index (χ0v) is 7.80. The van der Waals surface area contributed by atoms with Crippen molar-refractivity contribution in [3.8, 4) is 0 Å². The van der Waals surface area contributed by atoms with Crippen LogP contribution in [0.4, 0.5) is 10.1 Å². The van der Waals surface area contributed by atoms with Gasteiger partial charge in [-0.05, 0) is 25.1 Å². The Bertz CT molecular complexity index is 378. The number of fused-ring (bicyclic) bond motifs is 1. The standard InChI is InChI=1S/C10H11FN2O/c1-6-5-12-9-4-7(11)2-3-8(9)10(14)13-6/h2-4,6,12H,5H2,1H3,(H,13,14)/t6-/m0/s1. The highest BCUT2D eigenvalue weighted by Crippen LogP contribution is 2.19. The van der Waals surface area contributed by atoms with Crippen molar-refractivity contribution in [2.24, 2.45) is 0 Å². The number of carbonyl (C=O) groups excluding carboxylic acids is 1. The summed E-state index contributed by atoms with van der Waals surface area (Å²) in [6.07, 6.45) is 0. The van der Waals surface area contributed by atoms with Crippen molar-refractivity contribution in [3.05, 3.63) is 29.6 Å². The predicted molar refractivity (Wildman–Crippen MR) is 51.8 cm³/mol. The van der Waals surface area contributed by atoms with Gasteiger partial charge in [0.1, 0.15) is 5.82 Å². The molecule has 1 aliphatic heterocycles. The van der Waals surface area contributed by atoms with Gasteiger partial charge in [0.15, 0.2) is 0 Å². The summed E-state index contributed by atoms with van der Waals surface area (Å²) < 4.78 is 12.9. The van der Waals surface area contributed by atoms with E-state index in [1.165, 1.54) is 18.2 Å². The Labute approximate surface area is 81.3 Å². The molecule has 0 aromatic heterocycles. The predicted octanol–water partition coefficient (Wildman–Crippen LogP) is 1.37. The van der Waals surface area contributed by atoms with E-state index in [1.54, 1.807) is 0 Å². The minimum Gasteiger partial charge on any atom is -0.382 e. The molecule has 0 aliphatic carbocycles. The highest BCUT2D eigenvalue weighted by atomic mass is 19.1. The Morgan fingerprint density at radius 3 is 3.07 bits per heavy atom. The zero-order valence-electron chi connectivity index (χ0n) is 7.80. The summed E-state index contributed by atoms with van der Waals surface area (Å²) in [7, 11) is 0. The molecule has 0 unspecified atom stereocenters. The molecule has 1 aromatic carbocycles. The second kappa shape index (κ2) is 3.29. The van der Waals surface area contributed by atoms with Crippen LogP contribution in [0.5, 0.6) is 0 Å². The number of anilines is 1. The summed E-state index contributed by atoms with van der Waals surface area (Å²) in [5.74, 6) is -0.490. The summed E-state index contributed by atoms with van der Waals surface area (Å²) >= 11 is 0. The van der Waals surface area contributed by atoms with Gasteiger partial charge in [-0.2, -0.15) is 0 Å². The molecule has 0 spiro atoms. The number of halogens is 1. The molecule has 0 bridgehead atoms. The number of amides is 1. The molecule has 74 valence electrons. The second-order valence-corrected chi connectivity index (χ2v) is 3.45. The molecule has 1 amide bonds. The Balaban J connectivity index is 2.43. The number of nitrogens with one attached hydrogen (secondary N) is 2. The van der Waals surface area contributed by atoms with Gasteiger partial charge in [0.25, 0.3) is 5.91 Å². The van der Waals surface area contributed by atoms with Gasteiger partial charge >= 0.3 is 0 Å². The first kappa shape index (κ1) is 8.99. The van der Waals surface area contributed by atoms with Crippen molar-refractivity contribution >= 4 is 11.6 Å². The molecular weight excluding hydrogens is 183 g/mol. The maximum atomic E-state index is 12.9. The fraction of sp³-hybridized carbons (Fsp3) is 0.300. The number of benzene rings is 1. The first-order valence-corrected chi connectivity index (χ1v) is 4.51. The summed E-state index contributed by atoms with van der Waals surface area (Å²) in [5, 5.41) is 5.82. The van der Waals surface area contributed by atoms with Gasteiger partial charge in [-0.25, -0.2) is 4.39 Å². The lowest BCUT2D eigenvalue weighted by molar-refractivity contribution is 0.0945. The van der Waals surface area contributed by atoms with E-state index >= 15 is 0 Å². The average Bonchev–Trinajstić information content (AvgIpc) is 2.26. The van der Waals surface area contributed by atoms with E-state index in [-0.39, 0.29) is 17.8 Å². The number of hydrogen-bond donors (Lipinski definition) is 2. The fourth-order valence-electron chi connectivity index (χ4n) is 1.48. The normalized spacial score (nSPS) is 20.4. The minimum absolute atomic E-state index is 0.0537. The van der Waals surface area contributed by atoms with Crippen molar-refractivity contribution in [1.82, 2.24) is 5.32 Å². The molecule has 1 heterocycles. The van der Waals surface area contributed by atoms with Crippen LogP contribution in [0, 0.1) is 5.82 Å². The first-order chi connectivity index (χ1) is 6.66. The van der Waals surface area contributed by atoms with Gasteiger partial charge in [-0.3, -0.25) is 4.79 Å². The average molecular weight is 194 g/mol. The van der Waals surface area contributed by atoms with Crippen molar-refractivity contribution in [3.63, 3.8) is 0 Å². The van der Waals surface area contributed by atoms with Gasteiger partial charge < -0.3 is 10.6 Å². The van der Waals surface area contributed by atoms with Crippen LogP contribution in [0.2, 0.25) is 0 Å². The van der Waals surface area contributed by atoms with Crippen LogP contribution < -0.4 is 10.6 Å². The lowest BCUT2D eigenvalue weighted by Gasteiger charge is -2.08. The third-order valence-corrected chi connectivity index (χ3v) is 2.20.